The summed E-state index contributed by atoms with van der Waals surface area (Å²) in [6.07, 6.45) is 4.57. The number of rotatable bonds is 5. The zero-order chi connectivity index (χ0) is 18.5. The molecule has 0 aromatic heterocycles. The minimum Gasteiger partial charge on any atom is -0.506 e. The number of hydrogen-bond acceptors (Lipinski definition) is 5. The Kier molecular flexibility index (Phi) is 4.31. The Hall–Kier alpha value is -1.87. The third-order valence-corrected chi connectivity index (χ3v) is 6.74. The number of fused-ring (bicyclic) bond motifs is 1. The van der Waals surface area contributed by atoms with E-state index in [1.807, 2.05) is 0 Å². The molecule has 2 aliphatic carbocycles. The Balaban J connectivity index is 1.59. The van der Waals surface area contributed by atoms with Gasteiger partial charge in [-0.2, -0.15) is 8.42 Å². The highest BCUT2D eigenvalue weighted by molar-refractivity contribution is 7.92. The number of benzene rings is 1. The van der Waals surface area contributed by atoms with Crippen LogP contribution in [-0.2, 0) is 27.8 Å². The van der Waals surface area contributed by atoms with Crippen molar-refractivity contribution in [2.24, 2.45) is 11.8 Å². The van der Waals surface area contributed by atoms with Crippen molar-refractivity contribution in [3.05, 3.63) is 23.0 Å². The molecule has 3 N–H and O–H groups in total. The summed E-state index contributed by atoms with van der Waals surface area (Å²) in [7, 11) is -4.17. The Morgan fingerprint density at radius 3 is 2.65 bits per heavy atom. The average Bonchev–Trinajstić information content (AvgIpc) is 3.33. The molecule has 1 aliphatic heterocycles. The van der Waals surface area contributed by atoms with Crippen LogP contribution in [0, 0.1) is 17.7 Å². The van der Waals surface area contributed by atoms with Gasteiger partial charge in [0.1, 0.15) is 18.0 Å². The van der Waals surface area contributed by atoms with Crippen molar-refractivity contribution in [1.29, 1.82) is 0 Å². The van der Waals surface area contributed by atoms with Crippen LogP contribution in [0.2, 0.25) is 0 Å². The second-order valence-electron chi connectivity index (χ2n) is 7.44. The van der Waals surface area contributed by atoms with Gasteiger partial charge in [-0.25, -0.2) is 13.4 Å². The highest BCUT2D eigenvalue weighted by atomic mass is 32.2. The van der Waals surface area contributed by atoms with E-state index in [0.717, 1.165) is 25.4 Å². The van der Waals surface area contributed by atoms with Gasteiger partial charge in [0, 0.05) is 0 Å². The molecule has 1 amide bonds. The van der Waals surface area contributed by atoms with E-state index >= 15 is 4.39 Å². The van der Waals surface area contributed by atoms with Gasteiger partial charge in [0.25, 0.3) is 5.91 Å². The normalized spacial score (nSPS) is 24.4. The van der Waals surface area contributed by atoms with Crippen LogP contribution in [0.1, 0.15) is 30.4 Å². The van der Waals surface area contributed by atoms with Crippen molar-refractivity contribution < 1.29 is 22.7 Å². The summed E-state index contributed by atoms with van der Waals surface area (Å²) in [5, 5.41) is 13.6. The molecule has 142 valence electrons. The predicted octanol–water partition coefficient (Wildman–Crippen LogP) is 0.817. The minimum atomic E-state index is -4.17. The molecule has 9 heteroatoms. The first kappa shape index (κ1) is 17.5. The molecule has 4 rings (SSSR count). The van der Waals surface area contributed by atoms with E-state index in [-0.39, 0.29) is 5.92 Å². The number of carbonyl (C=O) groups excluding carboxylic acids is 1. The van der Waals surface area contributed by atoms with E-state index in [2.05, 4.69) is 5.32 Å². The Morgan fingerprint density at radius 1 is 1.27 bits per heavy atom. The lowest BCUT2D eigenvalue weighted by Gasteiger charge is -2.28. The number of nitrogens with one attached hydrogen (secondary N) is 2. The first-order valence-electron chi connectivity index (χ1n) is 8.92. The van der Waals surface area contributed by atoms with Gasteiger partial charge < -0.3 is 10.4 Å². The fourth-order valence-corrected chi connectivity index (χ4v) is 4.95. The molecule has 3 aliphatic rings. The summed E-state index contributed by atoms with van der Waals surface area (Å²) >= 11 is 0. The number of aromatic hydroxyl groups is 1. The van der Waals surface area contributed by atoms with Crippen LogP contribution < -0.4 is 14.3 Å². The molecule has 26 heavy (non-hydrogen) atoms. The number of anilines is 1. The zero-order valence-electron chi connectivity index (χ0n) is 14.3. The average molecular weight is 383 g/mol. The maximum Gasteiger partial charge on any atom is 0.326 e. The molecule has 0 radical (unpaired) electrons. The van der Waals surface area contributed by atoms with E-state index < -0.39 is 39.9 Å². The molecule has 0 spiro atoms. The molecule has 1 unspecified atom stereocenters. The van der Waals surface area contributed by atoms with Gasteiger partial charge in [0.2, 0.25) is 0 Å². The smallest absolute Gasteiger partial charge is 0.326 e. The summed E-state index contributed by atoms with van der Waals surface area (Å²) in [5.41, 5.74) is 0.712. The molecule has 1 saturated heterocycles. The summed E-state index contributed by atoms with van der Waals surface area (Å²) in [5.74, 6) is -0.901. The molecular formula is C17H22FN3O4S. The fraction of sp³-hybridized carbons (Fsp3) is 0.588. The standard InChI is InChI=1S/C17H22FN3O4S/c18-16-13-5-11(8-19-7-10-1-2-10)3-4-12(13)6-14(22)17(16)21-9-15(23)20-26(21,24)25/h6,10-11,19,22H,1-5,7-9H2,(H,20,23). The number of carbonyl (C=O) groups is 1. The van der Waals surface area contributed by atoms with Gasteiger partial charge in [-0.05, 0) is 74.2 Å². The first-order valence-corrected chi connectivity index (χ1v) is 10.4. The first-order chi connectivity index (χ1) is 12.3. The van der Waals surface area contributed by atoms with Crippen LogP contribution in [0.25, 0.3) is 0 Å². The number of amides is 1. The molecule has 7 nitrogen and oxygen atoms in total. The number of nitrogens with zero attached hydrogens (tertiary/aromatic N) is 1. The lowest BCUT2D eigenvalue weighted by atomic mass is 9.83. The van der Waals surface area contributed by atoms with Gasteiger partial charge in [0.15, 0.2) is 5.82 Å². The van der Waals surface area contributed by atoms with Crippen molar-refractivity contribution in [2.45, 2.75) is 32.1 Å². The van der Waals surface area contributed by atoms with Crippen LogP contribution in [0.4, 0.5) is 10.1 Å². The van der Waals surface area contributed by atoms with Gasteiger partial charge in [-0.15, -0.1) is 0 Å². The van der Waals surface area contributed by atoms with Crippen LogP contribution in [-0.4, -0.2) is 39.1 Å². The number of halogens is 1. The molecular weight excluding hydrogens is 361 g/mol. The van der Waals surface area contributed by atoms with Crippen LogP contribution in [0.15, 0.2) is 6.07 Å². The lowest BCUT2D eigenvalue weighted by molar-refractivity contribution is -0.117. The Bertz CT molecular complexity index is 854. The molecule has 1 aromatic carbocycles. The quantitative estimate of drug-likeness (QED) is 0.699. The van der Waals surface area contributed by atoms with Crippen molar-refractivity contribution in [1.82, 2.24) is 10.0 Å². The molecule has 2 fully saturated rings. The maximum absolute atomic E-state index is 15.1. The van der Waals surface area contributed by atoms with Gasteiger partial charge in [-0.3, -0.25) is 4.79 Å². The Morgan fingerprint density at radius 2 is 2.00 bits per heavy atom. The lowest BCUT2D eigenvalue weighted by Crippen LogP contribution is -2.32. The molecule has 0 bridgehead atoms. The SMILES string of the molecule is O=C1CN(c2c(O)cc3c(c2F)CC(CNCC2CC2)CC3)S(=O)(=O)N1. The minimum absolute atomic E-state index is 0.267. The zero-order valence-corrected chi connectivity index (χ0v) is 15.1. The monoisotopic (exact) mass is 383 g/mol. The predicted molar refractivity (Wildman–Crippen MR) is 93.6 cm³/mol. The second kappa shape index (κ2) is 6.38. The van der Waals surface area contributed by atoms with Crippen LogP contribution in [0.3, 0.4) is 0 Å². The van der Waals surface area contributed by atoms with Crippen molar-refractivity contribution in [3.63, 3.8) is 0 Å². The topological polar surface area (TPSA) is 98.7 Å². The summed E-state index contributed by atoms with van der Waals surface area (Å²) in [6, 6.07) is 1.43. The molecule has 1 heterocycles. The fourth-order valence-electron chi connectivity index (χ4n) is 3.78. The summed E-state index contributed by atoms with van der Waals surface area (Å²) < 4.78 is 41.6. The highest BCUT2D eigenvalue weighted by Crippen LogP contribution is 2.40. The van der Waals surface area contributed by atoms with Crippen LogP contribution >= 0.6 is 0 Å². The summed E-state index contributed by atoms with van der Waals surface area (Å²) in [6.45, 7) is 1.26. The number of phenolic OH excluding ortho intramolecular Hbond substituents is 1. The van der Waals surface area contributed by atoms with E-state index in [0.29, 0.717) is 28.3 Å². The highest BCUT2D eigenvalue weighted by Gasteiger charge is 2.39. The van der Waals surface area contributed by atoms with Crippen molar-refractivity contribution in [2.75, 3.05) is 23.9 Å². The number of hydrogen-bond donors (Lipinski definition) is 3. The van der Waals surface area contributed by atoms with E-state index in [1.165, 1.54) is 18.9 Å². The van der Waals surface area contributed by atoms with Crippen molar-refractivity contribution in [3.8, 4) is 5.75 Å². The second-order valence-corrected chi connectivity index (χ2v) is 9.04. The third kappa shape index (κ3) is 3.25. The van der Waals surface area contributed by atoms with E-state index in [4.69, 9.17) is 0 Å². The maximum atomic E-state index is 15.1. The van der Waals surface area contributed by atoms with E-state index in [1.54, 1.807) is 4.72 Å². The van der Waals surface area contributed by atoms with Gasteiger partial charge in [-0.1, -0.05) is 0 Å². The molecule has 1 saturated carbocycles. The molecule has 1 atom stereocenters. The van der Waals surface area contributed by atoms with Crippen molar-refractivity contribution >= 4 is 21.8 Å². The van der Waals surface area contributed by atoms with Gasteiger partial charge in [0.05, 0.1) is 0 Å². The summed E-state index contributed by atoms with van der Waals surface area (Å²) in [4.78, 5) is 11.4. The molecule has 1 aromatic rings. The number of aryl methyl sites for hydroxylation is 1. The van der Waals surface area contributed by atoms with Crippen LogP contribution in [0.5, 0.6) is 5.75 Å². The largest absolute Gasteiger partial charge is 0.506 e. The Labute approximate surface area is 151 Å². The van der Waals surface area contributed by atoms with E-state index in [9.17, 15) is 18.3 Å². The third-order valence-electron chi connectivity index (χ3n) is 5.36. The number of phenols is 1. The van der Waals surface area contributed by atoms with Gasteiger partial charge >= 0.3 is 10.2 Å².